The second kappa shape index (κ2) is 9.90. The molecule has 0 atom stereocenters. The Balaban J connectivity index is 1.14. The maximum absolute atomic E-state index is 13.5. The number of ether oxygens (including phenoxy) is 1. The van der Waals surface area contributed by atoms with Crippen LogP contribution >= 0.6 is 34.5 Å². The Kier molecular flexibility index (Phi) is 6.62. The van der Waals surface area contributed by atoms with Gasteiger partial charge in [-0.15, -0.1) is 11.3 Å². The largest absolute Gasteiger partial charge is 0.478 e. The quantitative estimate of drug-likeness (QED) is 0.216. The molecule has 0 saturated heterocycles. The highest BCUT2D eigenvalue weighted by atomic mass is 35.5. The third-order valence-electron chi connectivity index (χ3n) is 9.06. The number of carboxylic acids is 1. The van der Waals surface area contributed by atoms with E-state index in [-0.39, 0.29) is 33.4 Å². The number of hydrogen-bond acceptors (Lipinski definition) is 7. The van der Waals surface area contributed by atoms with E-state index in [9.17, 15) is 23.1 Å². The zero-order chi connectivity index (χ0) is 29.4. The smallest absolute Gasteiger partial charge is 0.416 e. The molecular weight excluding hydrogens is 614 g/mol. The van der Waals surface area contributed by atoms with Crippen LogP contribution < -0.4 is 0 Å². The maximum atomic E-state index is 13.5. The van der Waals surface area contributed by atoms with Gasteiger partial charge in [0.05, 0.1) is 43.6 Å². The summed E-state index contributed by atoms with van der Waals surface area (Å²) < 4.78 is 53.1. The second-order valence-corrected chi connectivity index (χ2v) is 13.4. The highest BCUT2D eigenvalue weighted by molar-refractivity contribution is 7.19. The Bertz CT molecular complexity index is 1690. The van der Waals surface area contributed by atoms with Gasteiger partial charge >= 0.3 is 12.1 Å². The molecular formula is C29H24Cl2F3N3O4S. The molecule has 4 aliphatic rings. The van der Waals surface area contributed by atoms with Crippen LogP contribution in [0.2, 0.25) is 10.0 Å². The molecule has 0 spiro atoms. The Morgan fingerprint density at radius 1 is 1.10 bits per heavy atom. The Morgan fingerprint density at radius 2 is 1.76 bits per heavy atom. The molecule has 3 aromatic heterocycles. The number of nitrogens with zero attached hydrogens (tertiary/aromatic N) is 3. The van der Waals surface area contributed by atoms with Crippen molar-refractivity contribution < 1.29 is 32.3 Å². The molecule has 8 rings (SSSR count). The van der Waals surface area contributed by atoms with Crippen LogP contribution in [0.15, 0.2) is 29.0 Å². The molecule has 4 aliphatic carbocycles. The summed E-state index contributed by atoms with van der Waals surface area (Å²) in [5, 5.41) is 15.4. The molecule has 0 unspecified atom stereocenters. The highest BCUT2D eigenvalue weighted by Gasteiger charge is 2.52. The van der Waals surface area contributed by atoms with E-state index < -0.39 is 17.7 Å². The molecule has 0 radical (unpaired) electrons. The number of thiazole rings is 1. The lowest BCUT2D eigenvalue weighted by Gasteiger charge is -2.52. The molecule has 4 saturated carbocycles. The van der Waals surface area contributed by atoms with Crippen LogP contribution in [0.5, 0.6) is 0 Å². The minimum Gasteiger partial charge on any atom is -0.478 e. The molecule has 220 valence electrons. The van der Waals surface area contributed by atoms with Crippen LogP contribution in [0.25, 0.3) is 21.5 Å². The number of halogens is 5. The fourth-order valence-corrected chi connectivity index (χ4v) is 8.33. The predicted octanol–water partition coefficient (Wildman–Crippen LogP) is 8.81. The summed E-state index contributed by atoms with van der Waals surface area (Å²) in [5.74, 6) is -0.306. The standard InChI is InChI=1S/C29H24Cl2F3N3O4S/c30-18-11-35-12-19(31)21(18)22-17(23(41-37-22)14-1-2-14)13-40-28-6-3-27(4-7-28,5-8-28)26-36-20-10-15(29(32,33)34)9-16(25(38)39)24(20)42-26/h9-12,14H,1-8,13H2,(H,38,39). The first-order chi connectivity index (χ1) is 20.0. The predicted molar refractivity (Wildman–Crippen MR) is 150 cm³/mol. The van der Waals surface area contributed by atoms with Crippen LogP contribution in [0.3, 0.4) is 0 Å². The number of carboxylic acid groups (broad SMARTS) is 1. The number of carbonyl (C=O) groups is 1. The first-order valence-electron chi connectivity index (χ1n) is 13.7. The van der Waals surface area contributed by atoms with Gasteiger partial charge in [-0.25, -0.2) is 9.78 Å². The van der Waals surface area contributed by atoms with Gasteiger partial charge in [-0.1, -0.05) is 28.4 Å². The normalized spacial score (nSPS) is 24.0. The number of aromatic nitrogens is 3. The molecule has 4 fully saturated rings. The molecule has 0 aliphatic heterocycles. The number of benzene rings is 1. The van der Waals surface area contributed by atoms with Gasteiger partial charge in [0.25, 0.3) is 0 Å². The summed E-state index contributed by atoms with van der Waals surface area (Å²) in [6.45, 7) is 0.288. The van der Waals surface area contributed by atoms with E-state index in [0.29, 0.717) is 38.3 Å². The number of fused-ring (bicyclic) bond motifs is 4. The van der Waals surface area contributed by atoms with Gasteiger partial charge < -0.3 is 14.4 Å². The van der Waals surface area contributed by atoms with Crippen molar-refractivity contribution in [2.24, 2.45) is 0 Å². The van der Waals surface area contributed by atoms with Crippen LogP contribution in [0, 0.1) is 0 Å². The van der Waals surface area contributed by atoms with E-state index in [4.69, 9.17) is 32.5 Å². The van der Waals surface area contributed by atoms with Gasteiger partial charge in [0.15, 0.2) is 0 Å². The summed E-state index contributed by atoms with van der Waals surface area (Å²) in [7, 11) is 0. The van der Waals surface area contributed by atoms with E-state index in [1.165, 1.54) is 23.7 Å². The maximum Gasteiger partial charge on any atom is 0.416 e. The van der Waals surface area contributed by atoms with E-state index in [1.54, 1.807) is 0 Å². The van der Waals surface area contributed by atoms with Crippen molar-refractivity contribution in [3.63, 3.8) is 0 Å². The number of rotatable bonds is 7. The van der Waals surface area contributed by atoms with Gasteiger partial charge in [0.2, 0.25) is 0 Å². The summed E-state index contributed by atoms with van der Waals surface area (Å²) >= 11 is 14.1. The molecule has 42 heavy (non-hydrogen) atoms. The van der Waals surface area contributed by atoms with E-state index >= 15 is 0 Å². The van der Waals surface area contributed by atoms with E-state index in [1.807, 2.05) is 0 Å². The number of pyridine rings is 1. The highest BCUT2D eigenvalue weighted by Crippen LogP contribution is 2.57. The number of alkyl halides is 3. The molecule has 0 amide bonds. The number of aromatic carboxylic acids is 1. The van der Waals surface area contributed by atoms with Crippen LogP contribution in [0.1, 0.15) is 89.5 Å². The van der Waals surface area contributed by atoms with Crippen LogP contribution in [-0.4, -0.2) is 31.8 Å². The Labute approximate surface area is 252 Å². The van der Waals surface area contributed by atoms with Crippen molar-refractivity contribution in [3.8, 4) is 11.3 Å². The third kappa shape index (κ3) is 4.69. The third-order valence-corrected chi connectivity index (χ3v) is 11.0. The average molecular weight is 638 g/mol. The topological polar surface area (TPSA) is 98.3 Å². The number of hydrogen-bond donors (Lipinski definition) is 1. The lowest BCUT2D eigenvalue weighted by Crippen LogP contribution is -2.49. The zero-order valence-electron chi connectivity index (χ0n) is 22.1. The van der Waals surface area contributed by atoms with Crippen LogP contribution in [0.4, 0.5) is 13.2 Å². The minimum absolute atomic E-state index is 0.0799. The summed E-state index contributed by atoms with van der Waals surface area (Å²) in [6, 6.07) is 1.65. The van der Waals surface area contributed by atoms with Gasteiger partial charge in [-0.3, -0.25) is 4.98 Å². The van der Waals surface area contributed by atoms with E-state index in [0.717, 1.165) is 68.8 Å². The van der Waals surface area contributed by atoms with Crippen molar-refractivity contribution in [2.75, 3.05) is 0 Å². The molecule has 3 heterocycles. The summed E-state index contributed by atoms with van der Waals surface area (Å²) in [4.78, 5) is 20.5. The molecule has 2 bridgehead atoms. The molecule has 1 N–H and O–H groups in total. The zero-order valence-corrected chi connectivity index (χ0v) is 24.4. The fraction of sp³-hybridized carbons (Fsp3) is 0.448. The van der Waals surface area contributed by atoms with Crippen molar-refractivity contribution in [2.45, 2.75) is 81.1 Å². The first kappa shape index (κ1) is 28.1. The fourth-order valence-electron chi connectivity index (χ4n) is 6.46. The monoisotopic (exact) mass is 637 g/mol. The Morgan fingerprint density at radius 3 is 2.36 bits per heavy atom. The van der Waals surface area contributed by atoms with Gasteiger partial charge in [0, 0.05) is 34.9 Å². The first-order valence-corrected chi connectivity index (χ1v) is 15.2. The van der Waals surface area contributed by atoms with Crippen molar-refractivity contribution in [1.29, 1.82) is 0 Å². The summed E-state index contributed by atoms with van der Waals surface area (Å²) in [6.07, 6.45) is 4.89. The molecule has 13 heteroatoms. The van der Waals surface area contributed by atoms with Gasteiger partial charge in [0.1, 0.15) is 16.5 Å². The molecule has 1 aromatic carbocycles. The van der Waals surface area contributed by atoms with Crippen molar-refractivity contribution >= 4 is 50.7 Å². The van der Waals surface area contributed by atoms with E-state index in [2.05, 4.69) is 15.1 Å². The van der Waals surface area contributed by atoms with Crippen molar-refractivity contribution in [1.82, 2.24) is 15.1 Å². The lowest BCUT2D eigenvalue weighted by atomic mass is 9.59. The van der Waals surface area contributed by atoms with Gasteiger partial charge in [-0.2, -0.15) is 13.2 Å². The van der Waals surface area contributed by atoms with Crippen LogP contribution in [-0.2, 0) is 22.9 Å². The SMILES string of the molecule is O=C(O)c1cc(C(F)(F)F)cc2nc(C34CCC(OCc5c(-c6c(Cl)cncc6Cl)noc5C5CC5)(CC3)CC4)sc12. The average Bonchev–Trinajstić information content (AvgIpc) is 3.56. The van der Waals surface area contributed by atoms with Gasteiger partial charge in [-0.05, 0) is 63.5 Å². The molecule has 7 nitrogen and oxygen atoms in total. The Hall–Kier alpha value is -2.73. The van der Waals surface area contributed by atoms with Crippen molar-refractivity contribution in [3.05, 3.63) is 62.0 Å². The molecule has 4 aromatic rings. The summed E-state index contributed by atoms with van der Waals surface area (Å²) in [5.41, 5.74) is 0.000489. The minimum atomic E-state index is -4.66. The lowest BCUT2D eigenvalue weighted by molar-refractivity contribution is -0.137. The second-order valence-electron chi connectivity index (χ2n) is 11.6.